The first kappa shape index (κ1) is 18.1. The summed E-state index contributed by atoms with van der Waals surface area (Å²) in [5, 5.41) is 0.511. The number of amides is 1. The van der Waals surface area contributed by atoms with E-state index in [2.05, 4.69) is 9.97 Å². The van der Waals surface area contributed by atoms with Crippen LogP contribution < -0.4 is 0 Å². The molecular formula is C18H19Cl2N3O2. The van der Waals surface area contributed by atoms with Crippen LogP contribution in [0, 0.1) is 0 Å². The predicted octanol–water partition coefficient (Wildman–Crippen LogP) is 4.22. The maximum Gasteiger partial charge on any atom is 0.254 e. The molecule has 7 heteroatoms. The topological polar surface area (TPSA) is 55.3 Å². The van der Waals surface area contributed by atoms with E-state index < -0.39 is 0 Å². The summed E-state index contributed by atoms with van der Waals surface area (Å²) >= 11 is 12.0. The maximum atomic E-state index is 12.7. The number of ether oxygens (including phenoxy) is 1. The van der Waals surface area contributed by atoms with Gasteiger partial charge in [0.1, 0.15) is 0 Å². The van der Waals surface area contributed by atoms with E-state index in [1.54, 1.807) is 4.90 Å². The Bertz CT molecular complexity index is 818. The Kier molecular flexibility index (Phi) is 5.00. The molecule has 1 aliphatic rings. The lowest BCUT2D eigenvalue weighted by Crippen LogP contribution is -2.31. The highest BCUT2D eigenvalue weighted by molar-refractivity contribution is 6.33. The van der Waals surface area contributed by atoms with Crippen LogP contribution in [0.3, 0.4) is 0 Å². The molecule has 1 aliphatic heterocycles. The molecule has 0 radical (unpaired) electrons. The van der Waals surface area contributed by atoms with Crippen LogP contribution >= 0.6 is 23.2 Å². The number of nitrogens with zero attached hydrogens (tertiary/aromatic N) is 3. The normalized spacial score (nSPS) is 14.1. The highest BCUT2D eigenvalue weighted by Crippen LogP contribution is 2.31. The second-order valence-electron chi connectivity index (χ2n) is 6.90. The molecule has 0 saturated heterocycles. The first-order chi connectivity index (χ1) is 11.7. The minimum atomic E-state index is -0.216. The summed E-state index contributed by atoms with van der Waals surface area (Å²) in [5.74, 6) is -0.00867. The highest BCUT2D eigenvalue weighted by Gasteiger charge is 2.28. The summed E-state index contributed by atoms with van der Waals surface area (Å²) in [7, 11) is 0. The van der Waals surface area contributed by atoms with Gasteiger partial charge in [-0.3, -0.25) is 4.79 Å². The quantitative estimate of drug-likeness (QED) is 0.746. The zero-order valence-corrected chi connectivity index (χ0v) is 15.9. The van der Waals surface area contributed by atoms with Crippen molar-refractivity contribution in [2.24, 2.45) is 0 Å². The van der Waals surface area contributed by atoms with E-state index in [-0.39, 0.29) is 16.8 Å². The first-order valence-corrected chi connectivity index (χ1v) is 8.75. The molecular weight excluding hydrogens is 361 g/mol. The van der Waals surface area contributed by atoms with Crippen molar-refractivity contribution in [3.8, 4) is 11.3 Å². The molecule has 3 rings (SSSR count). The number of carbonyl (C=O) groups excluding carboxylic acids is 1. The second kappa shape index (κ2) is 6.90. The molecule has 0 unspecified atom stereocenters. The zero-order valence-electron chi connectivity index (χ0n) is 14.3. The lowest BCUT2D eigenvalue weighted by Gasteiger charge is -2.22. The molecule has 0 spiro atoms. The summed E-state index contributed by atoms with van der Waals surface area (Å²) in [4.78, 5) is 22.5. The Labute approximate surface area is 156 Å². The van der Waals surface area contributed by atoms with Crippen molar-refractivity contribution < 1.29 is 9.53 Å². The van der Waals surface area contributed by atoms with Gasteiger partial charge in [0.05, 0.1) is 29.1 Å². The molecule has 0 bridgehead atoms. The largest absolute Gasteiger partial charge is 0.374 e. The van der Waals surface area contributed by atoms with Gasteiger partial charge in [-0.25, -0.2) is 9.97 Å². The number of halogens is 2. The Balaban J connectivity index is 1.79. The second-order valence-corrected chi connectivity index (χ2v) is 7.64. The van der Waals surface area contributed by atoms with Gasteiger partial charge in [0.2, 0.25) is 5.28 Å². The average molecular weight is 380 g/mol. The summed E-state index contributed by atoms with van der Waals surface area (Å²) < 4.78 is 5.72. The third-order valence-corrected chi connectivity index (χ3v) is 4.33. The Hall–Kier alpha value is -1.69. The van der Waals surface area contributed by atoms with Gasteiger partial charge in [-0.15, -0.1) is 0 Å². The van der Waals surface area contributed by atoms with Gasteiger partial charge in [0.15, 0.2) is 0 Å². The van der Waals surface area contributed by atoms with E-state index in [0.29, 0.717) is 36.0 Å². The third kappa shape index (κ3) is 4.11. The molecule has 1 aromatic heterocycles. The number of hydrogen-bond donors (Lipinski definition) is 0. The van der Waals surface area contributed by atoms with Crippen LogP contribution in [0.5, 0.6) is 0 Å². The average Bonchev–Trinajstić information content (AvgIpc) is 2.84. The lowest BCUT2D eigenvalue weighted by atomic mass is 10.0. The number of carbonyl (C=O) groups is 1. The molecule has 5 nitrogen and oxygen atoms in total. The fourth-order valence-electron chi connectivity index (χ4n) is 2.70. The molecule has 25 heavy (non-hydrogen) atoms. The summed E-state index contributed by atoms with van der Waals surface area (Å²) in [5.41, 5.74) is 2.70. The van der Waals surface area contributed by atoms with Gasteiger partial charge in [-0.05, 0) is 44.0 Å². The SMILES string of the molecule is CC(C)(C)OCCN1Cc2ccc(-c3nc(Cl)ncc3Cl)cc2C1=O. The number of rotatable bonds is 4. The van der Waals surface area contributed by atoms with E-state index in [0.717, 1.165) is 11.1 Å². The molecule has 0 N–H and O–H groups in total. The van der Waals surface area contributed by atoms with Crippen LogP contribution in [0.1, 0.15) is 36.7 Å². The summed E-state index contributed by atoms with van der Waals surface area (Å²) in [6.07, 6.45) is 1.46. The van der Waals surface area contributed by atoms with Gasteiger partial charge in [-0.2, -0.15) is 0 Å². The standard InChI is InChI=1S/C18H19Cl2N3O2/c1-18(2,3)25-7-6-23-10-12-5-4-11(8-13(12)16(23)24)15-14(19)9-21-17(20)22-15/h4-5,8-9H,6-7,10H2,1-3H3. The van der Waals surface area contributed by atoms with Crippen LogP contribution in [0.4, 0.5) is 0 Å². The van der Waals surface area contributed by atoms with E-state index in [1.807, 2.05) is 39.0 Å². The maximum absolute atomic E-state index is 12.7. The van der Waals surface area contributed by atoms with Gasteiger partial charge in [0, 0.05) is 24.2 Å². The van der Waals surface area contributed by atoms with Crippen LogP contribution in [-0.2, 0) is 11.3 Å². The van der Waals surface area contributed by atoms with Crippen LogP contribution in [-0.4, -0.2) is 39.5 Å². The fourth-order valence-corrected chi connectivity index (χ4v) is 3.03. The van der Waals surface area contributed by atoms with Crippen LogP contribution in [0.25, 0.3) is 11.3 Å². The van der Waals surface area contributed by atoms with Crippen molar-refractivity contribution in [3.05, 3.63) is 45.8 Å². The first-order valence-electron chi connectivity index (χ1n) is 7.99. The Morgan fingerprint density at radius 2 is 2.04 bits per heavy atom. The molecule has 2 aromatic rings. The van der Waals surface area contributed by atoms with E-state index >= 15 is 0 Å². The minimum absolute atomic E-state index is 0.00867. The van der Waals surface area contributed by atoms with Crippen molar-refractivity contribution >= 4 is 29.1 Å². The number of benzene rings is 1. The highest BCUT2D eigenvalue weighted by atomic mass is 35.5. The predicted molar refractivity (Wildman–Crippen MR) is 97.9 cm³/mol. The van der Waals surface area contributed by atoms with Crippen molar-refractivity contribution in [1.29, 1.82) is 0 Å². The molecule has 0 aliphatic carbocycles. The number of fused-ring (bicyclic) bond motifs is 1. The van der Waals surface area contributed by atoms with Gasteiger partial charge >= 0.3 is 0 Å². The van der Waals surface area contributed by atoms with E-state index in [4.69, 9.17) is 27.9 Å². The number of aromatic nitrogens is 2. The third-order valence-electron chi connectivity index (χ3n) is 3.87. The monoisotopic (exact) mass is 379 g/mol. The molecule has 0 saturated carbocycles. The van der Waals surface area contributed by atoms with Crippen molar-refractivity contribution in [1.82, 2.24) is 14.9 Å². The van der Waals surface area contributed by atoms with Crippen molar-refractivity contribution in [2.75, 3.05) is 13.2 Å². The summed E-state index contributed by atoms with van der Waals surface area (Å²) in [6, 6.07) is 5.64. The number of hydrogen-bond acceptors (Lipinski definition) is 4. The molecule has 2 heterocycles. The lowest BCUT2D eigenvalue weighted by molar-refractivity contribution is -0.0116. The van der Waals surface area contributed by atoms with Crippen molar-refractivity contribution in [2.45, 2.75) is 32.9 Å². The van der Waals surface area contributed by atoms with Crippen LogP contribution in [0.15, 0.2) is 24.4 Å². The van der Waals surface area contributed by atoms with Gasteiger partial charge in [-0.1, -0.05) is 23.7 Å². The molecule has 0 fully saturated rings. The molecule has 1 aromatic carbocycles. The molecule has 0 atom stereocenters. The van der Waals surface area contributed by atoms with Gasteiger partial charge in [0.25, 0.3) is 5.91 Å². The van der Waals surface area contributed by atoms with Crippen molar-refractivity contribution in [3.63, 3.8) is 0 Å². The zero-order chi connectivity index (χ0) is 18.2. The van der Waals surface area contributed by atoms with E-state index in [1.165, 1.54) is 6.20 Å². The van der Waals surface area contributed by atoms with Gasteiger partial charge < -0.3 is 9.64 Å². The Morgan fingerprint density at radius 3 is 2.76 bits per heavy atom. The minimum Gasteiger partial charge on any atom is -0.374 e. The molecule has 132 valence electrons. The van der Waals surface area contributed by atoms with E-state index in [9.17, 15) is 4.79 Å². The smallest absolute Gasteiger partial charge is 0.254 e. The fraction of sp³-hybridized carbons (Fsp3) is 0.389. The van der Waals surface area contributed by atoms with Crippen LogP contribution in [0.2, 0.25) is 10.3 Å². The summed E-state index contributed by atoms with van der Waals surface area (Å²) in [6.45, 7) is 7.63. The molecule has 1 amide bonds. The Morgan fingerprint density at radius 1 is 1.28 bits per heavy atom.